The maximum Gasteiger partial charge on any atom is 0.263 e. The number of aromatic nitrogens is 2. The van der Waals surface area contributed by atoms with Crippen LogP contribution in [0.2, 0.25) is 0 Å². The topological polar surface area (TPSA) is 64.0 Å². The van der Waals surface area contributed by atoms with Crippen molar-refractivity contribution in [3.63, 3.8) is 0 Å². The number of rotatable bonds is 6. The van der Waals surface area contributed by atoms with E-state index in [2.05, 4.69) is 18.8 Å². The average molecular weight is 432 g/mol. The molecule has 0 spiro atoms. The molecule has 7 heteroatoms. The van der Waals surface area contributed by atoms with Crippen LogP contribution in [-0.4, -0.2) is 26.8 Å². The zero-order chi connectivity index (χ0) is 20.5. The Morgan fingerprint density at radius 3 is 2.90 bits per heavy atom. The number of hydrogen-bond acceptors (Lipinski definition) is 5. The first-order chi connectivity index (χ1) is 14.0. The van der Waals surface area contributed by atoms with Gasteiger partial charge < -0.3 is 5.32 Å². The summed E-state index contributed by atoms with van der Waals surface area (Å²) in [5, 5.41) is 4.25. The van der Waals surface area contributed by atoms with E-state index >= 15 is 0 Å². The molecule has 1 amide bonds. The molecule has 0 radical (unpaired) electrons. The molecule has 0 bridgehead atoms. The van der Waals surface area contributed by atoms with E-state index in [-0.39, 0.29) is 16.7 Å². The predicted molar refractivity (Wildman–Crippen MR) is 121 cm³/mol. The number of thiophene rings is 1. The van der Waals surface area contributed by atoms with Gasteiger partial charge in [-0.05, 0) is 50.5 Å². The number of aryl methyl sites for hydroxylation is 1. The monoisotopic (exact) mass is 431 g/mol. The molecule has 1 N–H and O–H groups in total. The van der Waals surface area contributed by atoms with Crippen LogP contribution in [0.5, 0.6) is 0 Å². The Hall–Kier alpha value is -1.60. The number of allylic oxidation sites excluding steroid dienone is 1. The van der Waals surface area contributed by atoms with Crippen LogP contribution in [-0.2, 0) is 24.2 Å². The van der Waals surface area contributed by atoms with Crippen LogP contribution in [0.1, 0.15) is 56.4 Å². The molecule has 2 aromatic rings. The van der Waals surface area contributed by atoms with E-state index in [0.29, 0.717) is 23.7 Å². The van der Waals surface area contributed by atoms with Crippen molar-refractivity contribution < 1.29 is 4.79 Å². The van der Waals surface area contributed by atoms with E-state index in [1.54, 1.807) is 22.0 Å². The van der Waals surface area contributed by atoms with Crippen molar-refractivity contribution in [3.05, 3.63) is 33.4 Å². The third-order valence-electron chi connectivity index (χ3n) is 6.04. The van der Waals surface area contributed by atoms with Gasteiger partial charge in [0.1, 0.15) is 4.83 Å². The first kappa shape index (κ1) is 20.7. The van der Waals surface area contributed by atoms with Crippen molar-refractivity contribution in [1.82, 2.24) is 14.9 Å². The fourth-order valence-electron chi connectivity index (χ4n) is 4.39. The lowest BCUT2D eigenvalue weighted by Gasteiger charge is -2.18. The molecule has 4 rings (SSSR count). The van der Waals surface area contributed by atoms with Crippen LogP contribution >= 0.6 is 23.1 Å². The lowest BCUT2D eigenvalue weighted by atomic mass is 9.89. The molecule has 2 aromatic heterocycles. The van der Waals surface area contributed by atoms with Gasteiger partial charge in [-0.1, -0.05) is 37.6 Å². The Labute approximate surface area is 180 Å². The Morgan fingerprint density at radius 1 is 1.41 bits per heavy atom. The molecule has 0 aliphatic heterocycles. The van der Waals surface area contributed by atoms with Gasteiger partial charge in [-0.3, -0.25) is 14.2 Å². The summed E-state index contributed by atoms with van der Waals surface area (Å²) < 4.78 is 1.68. The van der Waals surface area contributed by atoms with Gasteiger partial charge in [-0.2, -0.15) is 0 Å². The fourth-order valence-corrected chi connectivity index (χ4v) is 6.74. The Morgan fingerprint density at radius 2 is 2.17 bits per heavy atom. The molecule has 2 aliphatic rings. The predicted octanol–water partition coefficient (Wildman–Crippen LogP) is 4.31. The number of carbonyl (C=O) groups is 1. The molecule has 2 aliphatic carbocycles. The Bertz CT molecular complexity index is 988. The third-order valence-corrected chi connectivity index (χ3v) is 8.28. The molecular formula is C22H29N3O2S2. The normalized spacial score (nSPS) is 20.6. The number of fused-ring (bicyclic) bond motifs is 3. The van der Waals surface area contributed by atoms with Gasteiger partial charge in [-0.15, -0.1) is 17.9 Å². The third kappa shape index (κ3) is 4.17. The highest BCUT2D eigenvalue weighted by atomic mass is 32.2. The standard InChI is InChI=1S/C22H29N3O2S2/c1-4-11-25-21(27)18-16-10-9-13(2)12-17(16)29-20(18)24-22(25)28-14(3)19(26)23-15-7-5-6-8-15/h4,13-15H,1,5-12H2,2-3H3,(H,23,26)/t13-,14+/m0/s1. The zero-order valence-electron chi connectivity index (χ0n) is 17.2. The minimum atomic E-state index is -0.300. The Kier molecular flexibility index (Phi) is 6.16. The van der Waals surface area contributed by atoms with E-state index in [1.165, 1.54) is 35.0 Å². The molecule has 156 valence electrons. The maximum atomic E-state index is 13.4. The van der Waals surface area contributed by atoms with Gasteiger partial charge in [0.25, 0.3) is 5.56 Å². The van der Waals surface area contributed by atoms with Gasteiger partial charge >= 0.3 is 0 Å². The van der Waals surface area contributed by atoms with Crippen LogP contribution < -0.4 is 10.9 Å². The van der Waals surface area contributed by atoms with Gasteiger partial charge in [0, 0.05) is 17.5 Å². The minimum Gasteiger partial charge on any atom is -0.352 e. The molecule has 29 heavy (non-hydrogen) atoms. The first-order valence-electron chi connectivity index (χ1n) is 10.6. The minimum absolute atomic E-state index is 0.00727. The summed E-state index contributed by atoms with van der Waals surface area (Å²) in [6.45, 7) is 8.38. The van der Waals surface area contributed by atoms with Crippen molar-refractivity contribution >= 4 is 39.2 Å². The van der Waals surface area contributed by atoms with E-state index in [1.807, 2.05) is 6.92 Å². The van der Waals surface area contributed by atoms with Gasteiger partial charge in [0.2, 0.25) is 5.91 Å². The van der Waals surface area contributed by atoms with Crippen LogP contribution in [0.3, 0.4) is 0 Å². The molecule has 1 saturated carbocycles. The van der Waals surface area contributed by atoms with E-state index < -0.39 is 0 Å². The summed E-state index contributed by atoms with van der Waals surface area (Å²) in [6, 6.07) is 0.294. The van der Waals surface area contributed by atoms with E-state index in [9.17, 15) is 9.59 Å². The average Bonchev–Trinajstić information content (AvgIpc) is 3.31. The lowest BCUT2D eigenvalue weighted by molar-refractivity contribution is -0.120. The lowest BCUT2D eigenvalue weighted by Crippen LogP contribution is -2.38. The molecule has 2 heterocycles. The van der Waals surface area contributed by atoms with Crippen molar-refractivity contribution in [2.45, 2.75) is 81.8 Å². The summed E-state index contributed by atoms with van der Waals surface area (Å²) in [5.41, 5.74) is 1.20. The smallest absolute Gasteiger partial charge is 0.263 e. The van der Waals surface area contributed by atoms with Gasteiger partial charge in [0.05, 0.1) is 10.6 Å². The molecule has 0 unspecified atom stereocenters. The Balaban J connectivity index is 1.66. The number of carbonyl (C=O) groups excluding carboxylic acids is 1. The highest BCUT2D eigenvalue weighted by molar-refractivity contribution is 8.00. The zero-order valence-corrected chi connectivity index (χ0v) is 18.8. The molecule has 0 saturated heterocycles. The maximum absolute atomic E-state index is 13.4. The molecular weight excluding hydrogens is 402 g/mol. The number of nitrogens with zero attached hydrogens (tertiary/aromatic N) is 2. The molecule has 2 atom stereocenters. The van der Waals surface area contributed by atoms with Crippen LogP contribution in [0.25, 0.3) is 10.2 Å². The largest absolute Gasteiger partial charge is 0.352 e. The summed E-state index contributed by atoms with van der Waals surface area (Å²) in [6.07, 6.45) is 9.32. The molecule has 5 nitrogen and oxygen atoms in total. The molecule has 1 fully saturated rings. The summed E-state index contributed by atoms with van der Waals surface area (Å²) >= 11 is 3.03. The van der Waals surface area contributed by atoms with Crippen LogP contribution in [0, 0.1) is 5.92 Å². The molecule has 0 aromatic carbocycles. The van der Waals surface area contributed by atoms with Crippen LogP contribution in [0.15, 0.2) is 22.6 Å². The quantitative estimate of drug-likeness (QED) is 0.421. The second-order valence-electron chi connectivity index (χ2n) is 8.38. The van der Waals surface area contributed by atoms with E-state index in [0.717, 1.165) is 42.3 Å². The highest BCUT2D eigenvalue weighted by Gasteiger charge is 2.27. The SMILES string of the molecule is C=CCn1c(S[C@H](C)C(=O)NC2CCCC2)nc2sc3c(c2c1=O)CC[C@H](C)C3. The highest BCUT2D eigenvalue weighted by Crippen LogP contribution is 2.37. The van der Waals surface area contributed by atoms with Crippen molar-refractivity contribution in [2.75, 3.05) is 0 Å². The summed E-state index contributed by atoms with van der Waals surface area (Å²) in [4.78, 5) is 33.0. The number of nitrogens with one attached hydrogen (secondary N) is 1. The summed E-state index contributed by atoms with van der Waals surface area (Å²) in [7, 11) is 0. The van der Waals surface area contributed by atoms with Crippen LogP contribution in [0.4, 0.5) is 0 Å². The summed E-state index contributed by atoms with van der Waals surface area (Å²) in [5.74, 6) is 0.680. The van der Waals surface area contributed by atoms with Gasteiger partial charge in [0.15, 0.2) is 5.16 Å². The number of amides is 1. The number of hydrogen-bond donors (Lipinski definition) is 1. The second-order valence-corrected chi connectivity index (χ2v) is 10.8. The van der Waals surface area contributed by atoms with E-state index in [4.69, 9.17) is 4.98 Å². The number of thioether (sulfide) groups is 1. The van der Waals surface area contributed by atoms with Crippen molar-refractivity contribution in [2.24, 2.45) is 5.92 Å². The second kappa shape index (κ2) is 8.64. The fraction of sp³-hybridized carbons (Fsp3) is 0.591. The van der Waals surface area contributed by atoms with Gasteiger partial charge in [-0.25, -0.2) is 4.98 Å². The van der Waals surface area contributed by atoms with Crippen molar-refractivity contribution in [1.29, 1.82) is 0 Å². The van der Waals surface area contributed by atoms with Crippen molar-refractivity contribution in [3.8, 4) is 0 Å². The first-order valence-corrected chi connectivity index (χ1v) is 12.3.